The maximum Gasteiger partial charge on any atom is 0.333 e. The molecule has 2 N–H and O–H groups in total. The topological polar surface area (TPSA) is 77.8 Å². The van der Waals surface area contributed by atoms with Gasteiger partial charge < -0.3 is 15.1 Å². The van der Waals surface area contributed by atoms with E-state index in [1.54, 1.807) is 32.0 Å². The van der Waals surface area contributed by atoms with Crippen molar-refractivity contribution in [3.8, 4) is 0 Å². The summed E-state index contributed by atoms with van der Waals surface area (Å²) in [6.07, 6.45) is 0.653. The van der Waals surface area contributed by atoms with Gasteiger partial charge in [-0.15, -0.1) is 0 Å². The van der Waals surface area contributed by atoms with Crippen LogP contribution >= 0.6 is 23.2 Å². The Kier molecular flexibility index (Phi) is 5.69. The third kappa shape index (κ3) is 3.23. The molecule has 1 heterocycles. The number of carboxylic acid groups (broad SMARTS) is 2. The number of allylic oxidation sites excluding steroid dienone is 1. The number of carbonyl (C=O) groups is 2. The van der Waals surface area contributed by atoms with Gasteiger partial charge in [-0.25, -0.2) is 4.79 Å². The summed E-state index contributed by atoms with van der Waals surface area (Å²) in [5.74, 6) is -3.13. The molecule has 1 aromatic rings. The van der Waals surface area contributed by atoms with Gasteiger partial charge in [-0.05, 0) is 38.3 Å². The number of carboxylic acids is 2. The first-order chi connectivity index (χ1) is 11.7. The maximum absolute atomic E-state index is 12.0. The third-order valence-electron chi connectivity index (χ3n) is 4.99. The molecule has 136 valence electrons. The fourth-order valence-electron chi connectivity index (χ4n) is 3.67. The van der Waals surface area contributed by atoms with Gasteiger partial charge in [-0.1, -0.05) is 42.3 Å². The normalized spacial score (nSPS) is 23.7. The summed E-state index contributed by atoms with van der Waals surface area (Å²) in [7, 11) is 0. The van der Waals surface area contributed by atoms with E-state index in [-0.39, 0.29) is 12.0 Å². The molecule has 2 unspecified atom stereocenters. The van der Waals surface area contributed by atoms with Crippen LogP contribution in [0, 0.1) is 5.92 Å². The second-order valence-corrected chi connectivity index (χ2v) is 7.15. The fraction of sp³-hybridized carbons (Fsp3) is 0.444. The van der Waals surface area contributed by atoms with E-state index in [0.29, 0.717) is 27.9 Å². The average molecular weight is 386 g/mol. The second-order valence-electron chi connectivity index (χ2n) is 6.36. The Bertz CT molecular complexity index is 747. The highest BCUT2D eigenvalue weighted by molar-refractivity contribution is 6.42. The van der Waals surface area contributed by atoms with Gasteiger partial charge in [0, 0.05) is 12.2 Å². The molecule has 0 aliphatic carbocycles. The first kappa shape index (κ1) is 19.6. The molecule has 2 rings (SSSR count). The highest BCUT2D eigenvalue weighted by Gasteiger charge is 2.51. The van der Waals surface area contributed by atoms with Crippen LogP contribution in [-0.2, 0) is 15.1 Å². The monoisotopic (exact) mass is 385 g/mol. The van der Waals surface area contributed by atoms with Gasteiger partial charge in [-0.2, -0.15) is 0 Å². The van der Waals surface area contributed by atoms with Gasteiger partial charge >= 0.3 is 11.9 Å². The number of benzene rings is 1. The molecule has 1 aliphatic rings. The standard InChI is InChI=1S/C18H21Cl2NO4/c1-4-8-21-10(2)11(16(22)23)9-13(17(24)25)18(21,3)12-6-5-7-14(19)15(12)20/h5-7,13H,4,8-9H2,1-3H3,(H,22,23)(H,24,25). The van der Waals surface area contributed by atoms with Crippen LogP contribution < -0.4 is 0 Å². The van der Waals surface area contributed by atoms with Crippen LogP contribution in [0.1, 0.15) is 39.2 Å². The molecule has 0 bridgehead atoms. The van der Waals surface area contributed by atoms with Gasteiger partial charge in [0.1, 0.15) is 0 Å². The van der Waals surface area contributed by atoms with E-state index in [9.17, 15) is 19.8 Å². The zero-order valence-corrected chi connectivity index (χ0v) is 15.9. The smallest absolute Gasteiger partial charge is 0.333 e. The van der Waals surface area contributed by atoms with Crippen molar-refractivity contribution in [2.24, 2.45) is 5.92 Å². The summed E-state index contributed by atoms with van der Waals surface area (Å²) in [5.41, 5.74) is 0.264. The van der Waals surface area contributed by atoms with Crippen LogP contribution in [0.5, 0.6) is 0 Å². The van der Waals surface area contributed by atoms with Crippen molar-refractivity contribution in [1.29, 1.82) is 0 Å². The lowest BCUT2D eigenvalue weighted by Gasteiger charge is -2.51. The summed E-state index contributed by atoms with van der Waals surface area (Å²) in [4.78, 5) is 25.5. The molecule has 0 saturated carbocycles. The van der Waals surface area contributed by atoms with E-state index in [4.69, 9.17) is 23.2 Å². The first-order valence-electron chi connectivity index (χ1n) is 8.04. The fourth-order valence-corrected chi connectivity index (χ4v) is 4.16. The molecule has 0 radical (unpaired) electrons. The number of aliphatic carboxylic acids is 2. The zero-order chi connectivity index (χ0) is 18.9. The van der Waals surface area contributed by atoms with E-state index in [2.05, 4.69) is 0 Å². The molecule has 1 aliphatic heterocycles. The molecule has 0 amide bonds. The molecule has 1 aromatic carbocycles. The quantitative estimate of drug-likeness (QED) is 0.785. The molecule has 0 saturated heterocycles. The Hall–Kier alpha value is -1.72. The summed E-state index contributed by atoms with van der Waals surface area (Å²) >= 11 is 12.6. The molecule has 0 spiro atoms. The van der Waals surface area contributed by atoms with E-state index in [1.165, 1.54) is 0 Å². The molecule has 0 fully saturated rings. The molecule has 25 heavy (non-hydrogen) atoms. The zero-order valence-electron chi connectivity index (χ0n) is 14.3. The van der Waals surface area contributed by atoms with Crippen molar-refractivity contribution in [3.63, 3.8) is 0 Å². The maximum atomic E-state index is 12.0. The van der Waals surface area contributed by atoms with Gasteiger partial charge in [0.25, 0.3) is 0 Å². The van der Waals surface area contributed by atoms with E-state index in [1.807, 2.05) is 11.8 Å². The lowest BCUT2D eigenvalue weighted by Crippen LogP contribution is -2.54. The summed E-state index contributed by atoms with van der Waals surface area (Å²) in [6.45, 7) is 5.97. The highest BCUT2D eigenvalue weighted by Crippen LogP contribution is 2.49. The first-order valence-corrected chi connectivity index (χ1v) is 8.79. The Morgan fingerprint density at radius 1 is 1.32 bits per heavy atom. The molecular formula is C18H21Cl2NO4. The predicted molar refractivity (Wildman–Crippen MR) is 96.9 cm³/mol. The Labute approximate surface area is 156 Å². The summed E-state index contributed by atoms with van der Waals surface area (Å²) in [6, 6.07) is 5.13. The molecule has 0 aromatic heterocycles. The van der Waals surface area contributed by atoms with Gasteiger partial charge in [0.2, 0.25) is 0 Å². The molecule has 2 atom stereocenters. The van der Waals surface area contributed by atoms with Crippen molar-refractivity contribution in [3.05, 3.63) is 45.1 Å². The van der Waals surface area contributed by atoms with Crippen molar-refractivity contribution < 1.29 is 19.8 Å². The minimum Gasteiger partial charge on any atom is -0.481 e. The predicted octanol–water partition coefficient (Wildman–Crippen LogP) is 4.38. The number of rotatable bonds is 5. The van der Waals surface area contributed by atoms with Crippen LogP contribution in [0.15, 0.2) is 29.5 Å². The molecule has 7 heteroatoms. The number of hydrogen-bond acceptors (Lipinski definition) is 3. The van der Waals surface area contributed by atoms with Crippen LogP contribution in [0.4, 0.5) is 0 Å². The number of hydrogen-bond donors (Lipinski definition) is 2. The Morgan fingerprint density at radius 2 is 1.96 bits per heavy atom. The lowest BCUT2D eigenvalue weighted by atomic mass is 9.71. The Balaban J connectivity index is 2.79. The minimum absolute atomic E-state index is 0.0734. The average Bonchev–Trinajstić information content (AvgIpc) is 2.53. The number of nitrogens with zero attached hydrogens (tertiary/aromatic N) is 1. The van der Waals surface area contributed by atoms with Crippen LogP contribution in [0.3, 0.4) is 0 Å². The van der Waals surface area contributed by atoms with Gasteiger partial charge in [0.15, 0.2) is 0 Å². The molecule has 5 nitrogen and oxygen atoms in total. The van der Waals surface area contributed by atoms with E-state index >= 15 is 0 Å². The van der Waals surface area contributed by atoms with Gasteiger partial charge in [0.05, 0.1) is 27.1 Å². The molecular weight excluding hydrogens is 365 g/mol. The summed E-state index contributed by atoms with van der Waals surface area (Å²) < 4.78 is 0. The SMILES string of the molecule is CCCN1C(C)=C(C(=O)O)CC(C(=O)O)C1(C)c1cccc(Cl)c1Cl. The van der Waals surface area contributed by atoms with Crippen LogP contribution in [0.25, 0.3) is 0 Å². The third-order valence-corrected chi connectivity index (χ3v) is 5.81. The van der Waals surface area contributed by atoms with Crippen molar-refractivity contribution in [1.82, 2.24) is 4.90 Å². The van der Waals surface area contributed by atoms with Crippen molar-refractivity contribution in [2.45, 2.75) is 39.2 Å². The van der Waals surface area contributed by atoms with Crippen LogP contribution in [-0.4, -0.2) is 33.6 Å². The van der Waals surface area contributed by atoms with Crippen LogP contribution in [0.2, 0.25) is 10.0 Å². The largest absolute Gasteiger partial charge is 0.481 e. The Morgan fingerprint density at radius 3 is 2.48 bits per heavy atom. The lowest BCUT2D eigenvalue weighted by molar-refractivity contribution is -0.149. The van der Waals surface area contributed by atoms with Gasteiger partial charge in [-0.3, -0.25) is 4.79 Å². The highest BCUT2D eigenvalue weighted by atomic mass is 35.5. The van der Waals surface area contributed by atoms with Crippen molar-refractivity contribution >= 4 is 35.1 Å². The van der Waals surface area contributed by atoms with Crippen molar-refractivity contribution in [2.75, 3.05) is 6.54 Å². The second kappa shape index (κ2) is 7.26. The van der Waals surface area contributed by atoms with E-state index in [0.717, 1.165) is 6.42 Å². The minimum atomic E-state index is -1.09. The summed E-state index contributed by atoms with van der Waals surface area (Å²) in [5, 5.41) is 20.0. The van der Waals surface area contributed by atoms with E-state index < -0.39 is 23.4 Å². The number of halogens is 2.